The molecule has 28 heavy (non-hydrogen) atoms. The molecule has 2 aromatic rings. The maximum Gasteiger partial charge on any atom is 0.263 e. The van der Waals surface area contributed by atoms with Crippen LogP contribution in [0.25, 0.3) is 0 Å². The van der Waals surface area contributed by atoms with Crippen LogP contribution >= 0.6 is 0 Å². The Balaban J connectivity index is 1.69. The molecule has 2 heterocycles. The monoisotopic (exact) mass is 382 g/mol. The zero-order valence-corrected chi connectivity index (χ0v) is 17.5. The fourth-order valence-electron chi connectivity index (χ4n) is 3.49. The first-order valence-corrected chi connectivity index (χ1v) is 10.00. The Morgan fingerprint density at radius 1 is 1.11 bits per heavy atom. The van der Waals surface area contributed by atoms with Crippen LogP contribution in [0.15, 0.2) is 35.3 Å². The highest BCUT2D eigenvalue weighted by Gasteiger charge is 2.35. The summed E-state index contributed by atoms with van der Waals surface area (Å²) in [6.45, 7) is 11.8. The van der Waals surface area contributed by atoms with Gasteiger partial charge >= 0.3 is 0 Å². The van der Waals surface area contributed by atoms with Crippen LogP contribution in [0, 0.1) is 26.7 Å². The summed E-state index contributed by atoms with van der Waals surface area (Å²) >= 11 is 0. The van der Waals surface area contributed by atoms with Gasteiger partial charge in [-0.2, -0.15) is 0 Å². The topological polar surface area (TPSA) is 51.5 Å². The molecule has 1 saturated heterocycles. The van der Waals surface area contributed by atoms with Crippen molar-refractivity contribution in [2.24, 2.45) is 5.92 Å². The standard InChI is InChI=1S/C23H30N2O3/c1-15(2)9-11-24-12-10-16(3)20(22(24)26)23(27)25-13-19(14-25)28-21-17(4)7-6-8-18(21)5/h6-8,10,12,15,19H,9,11,13-14H2,1-5H3. The van der Waals surface area contributed by atoms with Gasteiger partial charge in [0.25, 0.3) is 11.5 Å². The molecule has 1 aliphatic rings. The van der Waals surface area contributed by atoms with Crippen molar-refractivity contribution in [2.45, 2.75) is 53.7 Å². The van der Waals surface area contributed by atoms with E-state index in [0.717, 1.165) is 28.9 Å². The predicted molar refractivity (Wildman–Crippen MR) is 111 cm³/mol. The van der Waals surface area contributed by atoms with Crippen molar-refractivity contribution in [3.8, 4) is 5.75 Å². The summed E-state index contributed by atoms with van der Waals surface area (Å²) in [6, 6.07) is 7.92. The van der Waals surface area contributed by atoms with Crippen molar-refractivity contribution in [1.82, 2.24) is 9.47 Å². The highest BCUT2D eigenvalue weighted by atomic mass is 16.5. The van der Waals surface area contributed by atoms with Crippen molar-refractivity contribution in [2.75, 3.05) is 13.1 Å². The van der Waals surface area contributed by atoms with Crippen LogP contribution in [0.3, 0.4) is 0 Å². The summed E-state index contributed by atoms with van der Waals surface area (Å²) in [5, 5.41) is 0. The zero-order valence-electron chi connectivity index (χ0n) is 17.5. The van der Waals surface area contributed by atoms with Gasteiger partial charge in [0, 0.05) is 12.7 Å². The van der Waals surface area contributed by atoms with Gasteiger partial charge in [0.1, 0.15) is 17.4 Å². The normalized spacial score (nSPS) is 14.3. The molecule has 150 valence electrons. The minimum Gasteiger partial charge on any atom is -0.486 e. The van der Waals surface area contributed by atoms with E-state index in [1.807, 2.05) is 45.0 Å². The number of amides is 1. The van der Waals surface area contributed by atoms with E-state index in [-0.39, 0.29) is 23.1 Å². The molecule has 1 aromatic heterocycles. The van der Waals surface area contributed by atoms with Gasteiger partial charge in [-0.15, -0.1) is 0 Å². The summed E-state index contributed by atoms with van der Waals surface area (Å²) < 4.78 is 7.76. The Morgan fingerprint density at radius 3 is 2.36 bits per heavy atom. The molecule has 0 radical (unpaired) electrons. The minimum absolute atomic E-state index is 0.0315. The maximum atomic E-state index is 12.9. The van der Waals surface area contributed by atoms with Gasteiger partial charge < -0.3 is 14.2 Å². The number of benzene rings is 1. The summed E-state index contributed by atoms with van der Waals surface area (Å²) in [5.74, 6) is 1.21. The molecule has 0 N–H and O–H groups in total. The van der Waals surface area contributed by atoms with Crippen molar-refractivity contribution in [3.05, 3.63) is 63.1 Å². The molecule has 0 unspecified atom stereocenters. The number of ether oxygens (including phenoxy) is 1. The average molecular weight is 383 g/mol. The van der Waals surface area contributed by atoms with Gasteiger partial charge in [0.05, 0.1) is 13.1 Å². The van der Waals surface area contributed by atoms with Crippen LogP contribution in [0.4, 0.5) is 0 Å². The maximum absolute atomic E-state index is 12.9. The Hall–Kier alpha value is -2.56. The molecule has 0 spiro atoms. The van der Waals surface area contributed by atoms with E-state index in [2.05, 4.69) is 13.8 Å². The van der Waals surface area contributed by atoms with Crippen LogP contribution in [0.5, 0.6) is 5.75 Å². The zero-order chi connectivity index (χ0) is 20.4. The largest absolute Gasteiger partial charge is 0.486 e. The Morgan fingerprint density at radius 2 is 1.75 bits per heavy atom. The van der Waals surface area contributed by atoms with E-state index in [1.54, 1.807) is 15.7 Å². The number of para-hydroxylation sites is 1. The molecule has 5 nitrogen and oxygen atoms in total. The third-order valence-electron chi connectivity index (χ3n) is 5.36. The lowest BCUT2D eigenvalue weighted by Gasteiger charge is -2.39. The predicted octanol–water partition coefficient (Wildman–Crippen LogP) is 3.72. The third-order valence-corrected chi connectivity index (χ3v) is 5.36. The second-order valence-electron chi connectivity index (χ2n) is 8.23. The number of carbonyl (C=O) groups excluding carboxylic acids is 1. The van der Waals surface area contributed by atoms with Crippen LogP contribution < -0.4 is 10.3 Å². The molecule has 0 atom stereocenters. The third kappa shape index (κ3) is 4.13. The number of likely N-dealkylation sites (tertiary alicyclic amines) is 1. The smallest absolute Gasteiger partial charge is 0.263 e. The van der Waals surface area contributed by atoms with E-state index in [9.17, 15) is 9.59 Å². The Labute approximate surface area is 166 Å². The molecule has 1 aromatic carbocycles. The molecule has 3 rings (SSSR count). The molecular weight excluding hydrogens is 352 g/mol. The number of aryl methyl sites for hydroxylation is 4. The van der Waals surface area contributed by atoms with Gasteiger partial charge in [0.2, 0.25) is 0 Å². The molecule has 1 aliphatic heterocycles. The number of aromatic nitrogens is 1. The van der Waals surface area contributed by atoms with Crippen LogP contribution in [0.1, 0.15) is 47.3 Å². The lowest BCUT2D eigenvalue weighted by molar-refractivity contribution is 0.0170. The van der Waals surface area contributed by atoms with Crippen molar-refractivity contribution >= 4 is 5.91 Å². The number of hydrogen-bond acceptors (Lipinski definition) is 3. The fraction of sp³-hybridized carbons (Fsp3) is 0.478. The molecule has 0 saturated carbocycles. The molecule has 1 fully saturated rings. The lowest BCUT2D eigenvalue weighted by atomic mass is 10.1. The van der Waals surface area contributed by atoms with Gasteiger partial charge in [-0.25, -0.2) is 0 Å². The highest BCUT2D eigenvalue weighted by molar-refractivity contribution is 5.95. The second kappa shape index (κ2) is 8.21. The van der Waals surface area contributed by atoms with Gasteiger partial charge in [-0.3, -0.25) is 9.59 Å². The van der Waals surface area contributed by atoms with Gasteiger partial charge in [-0.05, 0) is 55.9 Å². The van der Waals surface area contributed by atoms with E-state index in [4.69, 9.17) is 4.74 Å². The average Bonchev–Trinajstić information content (AvgIpc) is 2.58. The lowest BCUT2D eigenvalue weighted by Crippen LogP contribution is -2.57. The number of rotatable bonds is 6. The number of pyridine rings is 1. The highest BCUT2D eigenvalue weighted by Crippen LogP contribution is 2.26. The Kier molecular flexibility index (Phi) is 5.92. The summed E-state index contributed by atoms with van der Waals surface area (Å²) in [7, 11) is 0. The molecule has 1 amide bonds. The summed E-state index contributed by atoms with van der Waals surface area (Å²) in [5.41, 5.74) is 3.02. The SMILES string of the molecule is Cc1cccc(C)c1OC1CN(C(=O)c2c(C)ccn(CCC(C)C)c2=O)C1. The van der Waals surface area contributed by atoms with E-state index in [1.165, 1.54) is 0 Å². The first-order chi connectivity index (χ1) is 13.3. The molecule has 0 aliphatic carbocycles. The van der Waals surface area contributed by atoms with Crippen molar-refractivity contribution in [1.29, 1.82) is 0 Å². The van der Waals surface area contributed by atoms with Crippen LogP contribution in [-0.4, -0.2) is 34.6 Å². The van der Waals surface area contributed by atoms with Gasteiger partial charge in [0.15, 0.2) is 0 Å². The molecule has 5 heteroatoms. The number of hydrogen-bond donors (Lipinski definition) is 0. The van der Waals surface area contributed by atoms with Crippen LogP contribution in [0.2, 0.25) is 0 Å². The quantitative estimate of drug-likeness (QED) is 0.765. The fourth-order valence-corrected chi connectivity index (χ4v) is 3.49. The first kappa shape index (κ1) is 20.2. The van der Waals surface area contributed by atoms with Crippen LogP contribution in [-0.2, 0) is 6.54 Å². The summed E-state index contributed by atoms with van der Waals surface area (Å²) in [6.07, 6.45) is 2.67. The van der Waals surface area contributed by atoms with E-state index >= 15 is 0 Å². The second-order valence-corrected chi connectivity index (χ2v) is 8.23. The van der Waals surface area contributed by atoms with Gasteiger partial charge in [-0.1, -0.05) is 32.0 Å². The Bertz CT molecular complexity index is 904. The van der Waals surface area contributed by atoms with E-state index < -0.39 is 0 Å². The van der Waals surface area contributed by atoms with Crippen molar-refractivity contribution < 1.29 is 9.53 Å². The summed E-state index contributed by atoms with van der Waals surface area (Å²) in [4.78, 5) is 27.5. The molecular formula is C23H30N2O3. The van der Waals surface area contributed by atoms with E-state index in [0.29, 0.717) is 25.6 Å². The first-order valence-electron chi connectivity index (χ1n) is 10.00. The number of carbonyl (C=O) groups is 1. The van der Waals surface area contributed by atoms with Crippen molar-refractivity contribution in [3.63, 3.8) is 0 Å². The minimum atomic E-state index is -0.192. The molecule has 0 bridgehead atoms. The number of nitrogens with zero attached hydrogens (tertiary/aromatic N) is 2.